The van der Waals surface area contributed by atoms with Crippen molar-refractivity contribution in [1.82, 2.24) is 15.0 Å². The van der Waals surface area contributed by atoms with Gasteiger partial charge in [-0.25, -0.2) is 4.68 Å². The Hall–Kier alpha value is -1.64. The second-order valence-electron chi connectivity index (χ2n) is 2.42. The summed E-state index contributed by atoms with van der Waals surface area (Å²) in [6, 6.07) is 9.99. The van der Waals surface area contributed by atoms with E-state index in [1.807, 2.05) is 36.9 Å². The molecule has 12 heavy (non-hydrogen) atoms. The highest BCUT2D eigenvalue weighted by Crippen LogP contribution is 2.01. The molecular weight excluding hydrogens is 150 g/mol. The molecule has 0 amide bonds. The van der Waals surface area contributed by atoms with Crippen molar-refractivity contribution in [3.05, 3.63) is 54.8 Å². The van der Waals surface area contributed by atoms with Crippen molar-refractivity contribution in [2.45, 2.75) is 0 Å². The van der Waals surface area contributed by atoms with E-state index in [9.17, 15) is 0 Å². The van der Waals surface area contributed by atoms with Gasteiger partial charge in [-0.05, 0) is 5.56 Å². The van der Waals surface area contributed by atoms with Crippen LogP contribution in [0.5, 0.6) is 0 Å². The van der Waals surface area contributed by atoms with Gasteiger partial charge >= 0.3 is 0 Å². The summed E-state index contributed by atoms with van der Waals surface area (Å²) in [7, 11) is 0. The number of hydrogen-bond acceptors (Lipinski definition) is 2. The lowest BCUT2D eigenvalue weighted by atomic mass is 10.2. The molecule has 1 aromatic carbocycles. The van der Waals surface area contributed by atoms with Gasteiger partial charge in [-0.3, -0.25) is 0 Å². The summed E-state index contributed by atoms with van der Waals surface area (Å²) in [5, 5.41) is 7.52. The maximum Gasteiger partial charge on any atom is 0.105 e. The van der Waals surface area contributed by atoms with Crippen LogP contribution in [0.4, 0.5) is 0 Å². The van der Waals surface area contributed by atoms with E-state index in [1.165, 1.54) is 0 Å². The Balaban J connectivity index is 2.15. The zero-order valence-corrected chi connectivity index (χ0v) is 6.46. The van der Waals surface area contributed by atoms with Crippen LogP contribution in [0, 0.1) is 6.54 Å². The van der Waals surface area contributed by atoms with E-state index in [0.29, 0.717) is 0 Å². The molecule has 0 atom stereocenters. The van der Waals surface area contributed by atoms with Gasteiger partial charge in [0.1, 0.15) is 6.54 Å². The van der Waals surface area contributed by atoms with E-state index in [0.717, 1.165) is 5.56 Å². The lowest BCUT2D eigenvalue weighted by Gasteiger charge is -1.97. The minimum atomic E-state index is 1.11. The summed E-state index contributed by atoms with van der Waals surface area (Å²) in [5.74, 6) is 0. The highest BCUT2D eigenvalue weighted by atomic mass is 15.4. The fourth-order valence-electron chi connectivity index (χ4n) is 0.978. The van der Waals surface area contributed by atoms with Gasteiger partial charge in [-0.2, -0.15) is 0 Å². The lowest BCUT2D eigenvalue weighted by molar-refractivity contribution is 0.761. The molecule has 0 fully saturated rings. The second-order valence-corrected chi connectivity index (χ2v) is 2.42. The molecule has 0 aliphatic carbocycles. The van der Waals surface area contributed by atoms with Gasteiger partial charge in [0.25, 0.3) is 0 Å². The average molecular weight is 158 g/mol. The summed E-state index contributed by atoms with van der Waals surface area (Å²) in [5.41, 5.74) is 1.11. The normalized spacial score (nSPS) is 10.0. The highest BCUT2D eigenvalue weighted by Gasteiger charge is 1.93. The monoisotopic (exact) mass is 158 g/mol. The van der Waals surface area contributed by atoms with Crippen LogP contribution in [0.15, 0.2) is 42.7 Å². The van der Waals surface area contributed by atoms with Crippen molar-refractivity contribution in [1.29, 1.82) is 0 Å². The molecule has 0 bridgehead atoms. The minimum Gasteiger partial charge on any atom is -0.243 e. The Morgan fingerprint density at radius 1 is 1.17 bits per heavy atom. The molecule has 1 radical (unpaired) electrons. The molecule has 2 aromatic rings. The topological polar surface area (TPSA) is 30.7 Å². The van der Waals surface area contributed by atoms with Gasteiger partial charge in [0.05, 0.1) is 6.20 Å². The largest absolute Gasteiger partial charge is 0.243 e. The molecule has 2 rings (SSSR count). The number of hydrogen-bond donors (Lipinski definition) is 0. The minimum absolute atomic E-state index is 1.11. The van der Waals surface area contributed by atoms with Gasteiger partial charge in [-0.15, -0.1) is 5.10 Å². The molecule has 0 saturated carbocycles. The fraction of sp³-hybridized carbons (Fsp3) is 0. The van der Waals surface area contributed by atoms with Crippen molar-refractivity contribution in [2.24, 2.45) is 0 Å². The van der Waals surface area contributed by atoms with E-state index < -0.39 is 0 Å². The van der Waals surface area contributed by atoms with E-state index >= 15 is 0 Å². The summed E-state index contributed by atoms with van der Waals surface area (Å²) in [6.45, 7) is 1.91. The predicted octanol–water partition coefficient (Wildman–Crippen LogP) is 1.34. The molecule has 0 aliphatic heterocycles. The molecule has 3 heteroatoms. The van der Waals surface area contributed by atoms with Crippen molar-refractivity contribution in [3.63, 3.8) is 0 Å². The predicted molar refractivity (Wildman–Crippen MR) is 45.3 cm³/mol. The summed E-state index contributed by atoms with van der Waals surface area (Å²) >= 11 is 0. The standard InChI is InChI=1S/C9H8N3/c1-2-4-9(5-3-1)8-12-7-6-10-11-12/h1-8H. The van der Waals surface area contributed by atoms with Crippen LogP contribution < -0.4 is 0 Å². The molecule has 0 saturated heterocycles. The van der Waals surface area contributed by atoms with Crippen LogP contribution in [-0.4, -0.2) is 15.0 Å². The van der Waals surface area contributed by atoms with Crippen LogP contribution in [0.1, 0.15) is 5.56 Å². The first kappa shape index (κ1) is 7.03. The van der Waals surface area contributed by atoms with Crippen LogP contribution in [0.3, 0.4) is 0 Å². The van der Waals surface area contributed by atoms with E-state index in [4.69, 9.17) is 0 Å². The van der Waals surface area contributed by atoms with Crippen LogP contribution >= 0.6 is 0 Å². The fourth-order valence-corrected chi connectivity index (χ4v) is 0.978. The molecule has 1 aromatic heterocycles. The Bertz CT molecular complexity index is 326. The molecular formula is C9H8N3. The number of nitrogens with zero attached hydrogens (tertiary/aromatic N) is 3. The average Bonchev–Trinajstić information content (AvgIpc) is 2.59. The number of aromatic nitrogens is 3. The summed E-state index contributed by atoms with van der Waals surface area (Å²) in [4.78, 5) is 0. The molecule has 3 nitrogen and oxygen atoms in total. The summed E-state index contributed by atoms with van der Waals surface area (Å²) in [6.07, 6.45) is 3.45. The highest BCUT2D eigenvalue weighted by molar-refractivity contribution is 5.21. The van der Waals surface area contributed by atoms with Crippen molar-refractivity contribution >= 4 is 0 Å². The van der Waals surface area contributed by atoms with Crippen molar-refractivity contribution in [2.75, 3.05) is 0 Å². The van der Waals surface area contributed by atoms with Gasteiger partial charge in [-0.1, -0.05) is 35.5 Å². The Labute approximate surface area is 70.6 Å². The number of rotatable bonds is 2. The molecule has 0 aliphatic rings. The third-order valence-corrected chi connectivity index (χ3v) is 1.52. The van der Waals surface area contributed by atoms with Gasteiger partial charge in [0.15, 0.2) is 0 Å². The summed E-state index contributed by atoms with van der Waals surface area (Å²) < 4.78 is 1.68. The van der Waals surface area contributed by atoms with Crippen LogP contribution in [0.2, 0.25) is 0 Å². The molecule has 0 unspecified atom stereocenters. The Morgan fingerprint density at radius 3 is 2.67 bits per heavy atom. The van der Waals surface area contributed by atoms with Crippen LogP contribution in [0.25, 0.3) is 0 Å². The SMILES string of the molecule is [CH](c1ccccc1)n1ccnn1. The first-order valence-electron chi connectivity index (χ1n) is 3.71. The Kier molecular flexibility index (Phi) is 1.86. The van der Waals surface area contributed by atoms with E-state index in [1.54, 1.807) is 17.1 Å². The lowest BCUT2D eigenvalue weighted by Crippen LogP contribution is -1.96. The van der Waals surface area contributed by atoms with Crippen LogP contribution in [-0.2, 0) is 0 Å². The van der Waals surface area contributed by atoms with Gasteiger partial charge < -0.3 is 0 Å². The van der Waals surface area contributed by atoms with Gasteiger partial charge in [0, 0.05) is 6.20 Å². The second kappa shape index (κ2) is 3.17. The molecule has 0 spiro atoms. The quantitative estimate of drug-likeness (QED) is 0.660. The Morgan fingerprint density at radius 2 is 2.00 bits per heavy atom. The zero-order valence-electron chi connectivity index (χ0n) is 6.46. The number of benzene rings is 1. The first-order chi connectivity index (χ1) is 5.95. The third-order valence-electron chi connectivity index (χ3n) is 1.52. The maximum atomic E-state index is 3.82. The van der Waals surface area contributed by atoms with E-state index in [2.05, 4.69) is 10.3 Å². The third kappa shape index (κ3) is 1.50. The van der Waals surface area contributed by atoms with Gasteiger partial charge in [0.2, 0.25) is 0 Å². The first-order valence-corrected chi connectivity index (χ1v) is 3.71. The molecule has 0 N–H and O–H groups in total. The molecule has 59 valence electrons. The molecule has 1 heterocycles. The maximum absolute atomic E-state index is 3.82. The smallest absolute Gasteiger partial charge is 0.105 e. The zero-order chi connectivity index (χ0) is 8.23. The van der Waals surface area contributed by atoms with Crippen molar-refractivity contribution < 1.29 is 0 Å². The van der Waals surface area contributed by atoms with E-state index in [-0.39, 0.29) is 0 Å². The van der Waals surface area contributed by atoms with Crippen molar-refractivity contribution in [3.8, 4) is 0 Å².